The lowest BCUT2D eigenvalue weighted by Crippen LogP contribution is -2.23. The van der Waals surface area contributed by atoms with Crippen molar-refractivity contribution in [3.8, 4) is 0 Å². The Hall–Kier alpha value is -3.65. The Balaban J connectivity index is 1.40. The number of benzene rings is 2. The number of nitrogens with one attached hydrogen (secondary N) is 1. The number of amides is 1. The van der Waals surface area contributed by atoms with Crippen LogP contribution in [0.2, 0.25) is 0 Å². The number of rotatable bonds is 8. The van der Waals surface area contributed by atoms with Gasteiger partial charge in [0.15, 0.2) is 15.6 Å². The van der Waals surface area contributed by atoms with Crippen molar-refractivity contribution in [3.05, 3.63) is 108 Å². The van der Waals surface area contributed by atoms with Crippen LogP contribution in [0.3, 0.4) is 0 Å². The molecule has 0 aliphatic heterocycles. The van der Waals surface area contributed by atoms with E-state index in [1.54, 1.807) is 30.7 Å². The second kappa shape index (κ2) is 9.01. The molecule has 0 saturated carbocycles. The van der Waals surface area contributed by atoms with E-state index in [1.807, 2.05) is 35.0 Å². The molecule has 2 aromatic carbocycles. The average Bonchev–Trinajstić information content (AvgIpc) is 3.45. The molecule has 4 aromatic rings. The molecule has 2 heterocycles. The van der Waals surface area contributed by atoms with Crippen molar-refractivity contribution >= 4 is 15.7 Å². The zero-order chi connectivity index (χ0) is 21.7. The fourth-order valence-electron chi connectivity index (χ4n) is 3.20. The molecule has 0 fully saturated rings. The first-order chi connectivity index (χ1) is 15.0. The molecule has 0 atom stereocenters. The van der Waals surface area contributed by atoms with Crippen LogP contribution in [0.15, 0.2) is 94.8 Å². The van der Waals surface area contributed by atoms with Crippen LogP contribution in [0.25, 0.3) is 0 Å². The largest absolute Gasteiger partial charge is 0.455 e. The van der Waals surface area contributed by atoms with Crippen LogP contribution in [0.1, 0.15) is 27.4 Å². The predicted octanol–water partition coefficient (Wildman–Crippen LogP) is 3.43. The molecule has 0 aliphatic rings. The summed E-state index contributed by atoms with van der Waals surface area (Å²) in [6.45, 7) is 0.969. The van der Waals surface area contributed by atoms with Crippen molar-refractivity contribution in [2.24, 2.45) is 0 Å². The number of aromatic nitrogens is 2. The van der Waals surface area contributed by atoms with Gasteiger partial charge in [0, 0.05) is 25.5 Å². The molecular weight excluding hydrogens is 414 g/mol. The third-order valence-electron chi connectivity index (χ3n) is 4.79. The van der Waals surface area contributed by atoms with E-state index in [9.17, 15) is 13.2 Å². The number of carbonyl (C=O) groups excluding carboxylic acids is 1. The van der Waals surface area contributed by atoms with E-state index in [-0.39, 0.29) is 22.2 Å². The summed E-state index contributed by atoms with van der Waals surface area (Å²) >= 11 is 0. The van der Waals surface area contributed by atoms with Crippen LogP contribution in [0, 0.1) is 0 Å². The molecule has 0 bridgehead atoms. The lowest BCUT2D eigenvalue weighted by molar-refractivity contribution is 0.0921. The van der Waals surface area contributed by atoms with E-state index in [0.717, 1.165) is 11.1 Å². The minimum absolute atomic E-state index is 0.0744. The maximum atomic E-state index is 12.5. The highest BCUT2D eigenvalue weighted by Crippen LogP contribution is 2.18. The minimum Gasteiger partial charge on any atom is -0.455 e. The maximum Gasteiger partial charge on any atom is 0.287 e. The van der Waals surface area contributed by atoms with Gasteiger partial charge in [-0.1, -0.05) is 42.5 Å². The van der Waals surface area contributed by atoms with Gasteiger partial charge in [-0.25, -0.2) is 13.4 Å². The molecule has 1 N–H and O–H groups in total. The van der Waals surface area contributed by atoms with Crippen molar-refractivity contribution in [2.45, 2.75) is 23.7 Å². The predicted molar refractivity (Wildman–Crippen MR) is 115 cm³/mol. The second-order valence-electron chi connectivity index (χ2n) is 7.02. The van der Waals surface area contributed by atoms with Crippen LogP contribution in [-0.2, 0) is 28.7 Å². The van der Waals surface area contributed by atoms with Gasteiger partial charge in [-0.05, 0) is 35.4 Å². The quantitative estimate of drug-likeness (QED) is 0.458. The van der Waals surface area contributed by atoms with Gasteiger partial charge in [0.05, 0.1) is 11.2 Å². The molecule has 2 aromatic heterocycles. The molecule has 0 saturated heterocycles. The Morgan fingerprint density at radius 3 is 2.45 bits per heavy atom. The Labute approximate surface area is 180 Å². The van der Waals surface area contributed by atoms with Gasteiger partial charge < -0.3 is 14.3 Å². The Kier molecular flexibility index (Phi) is 5.99. The van der Waals surface area contributed by atoms with Gasteiger partial charge >= 0.3 is 0 Å². The summed E-state index contributed by atoms with van der Waals surface area (Å²) in [5.41, 5.74) is 2.04. The molecule has 1 amide bonds. The number of sulfone groups is 1. The van der Waals surface area contributed by atoms with Crippen LogP contribution in [0.5, 0.6) is 0 Å². The summed E-state index contributed by atoms with van der Waals surface area (Å²) in [5, 5.41) is 2.84. The first-order valence-corrected chi connectivity index (χ1v) is 11.3. The fourth-order valence-corrected chi connectivity index (χ4v) is 4.47. The van der Waals surface area contributed by atoms with Crippen molar-refractivity contribution in [1.82, 2.24) is 14.9 Å². The van der Waals surface area contributed by atoms with Crippen molar-refractivity contribution in [3.63, 3.8) is 0 Å². The third kappa shape index (κ3) is 5.10. The smallest absolute Gasteiger partial charge is 0.287 e. The zero-order valence-corrected chi connectivity index (χ0v) is 17.5. The lowest BCUT2D eigenvalue weighted by Gasteiger charge is -2.10. The summed E-state index contributed by atoms with van der Waals surface area (Å²) in [6, 6.07) is 19.0. The van der Waals surface area contributed by atoms with E-state index < -0.39 is 15.7 Å². The molecule has 4 rings (SSSR count). The van der Waals surface area contributed by atoms with Crippen LogP contribution < -0.4 is 5.32 Å². The fraction of sp³-hybridized carbons (Fsp3) is 0.130. The lowest BCUT2D eigenvalue weighted by atomic mass is 10.1. The SMILES string of the molecule is O=C(NCc1ccccc1Cn1ccnc1)c1ccc(CS(=O)(=O)c2ccccc2)o1. The van der Waals surface area contributed by atoms with Gasteiger partial charge in [-0.2, -0.15) is 0 Å². The molecule has 158 valence electrons. The third-order valence-corrected chi connectivity index (χ3v) is 6.44. The van der Waals surface area contributed by atoms with Gasteiger partial charge in [0.25, 0.3) is 5.91 Å². The monoisotopic (exact) mass is 435 g/mol. The Morgan fingerprint density at radius 1 is 0.968 bits per heavy atom. The van der Waals surface area contributed by atoms with Gasteiger partial charge in [-0.3, -0.25) is 4.79 Å². The molecule has 7 nitrogen and oxygen atoms in total. The first kappa shape index (κ1) is 20.6. The Morgan fingerprint density at radius 2 is 1.71 bits per heavy atom. The summed E-state index contributed by atoms with van der Waals surface area (Å²) in [5.74, 6) is -0.418. The number of carbonyl (C=O) groups is 1. The van der Waals surface area contributed by atoms with E-state index in [4.69, 9.17) is 4.42 Å². The van der Waals surface area contributed by atoms with Crippen LogP contribution in [-0.4, -0.2) is 23.9 Å². The van der Waals surface area contributed by atoms with Gasteiger partial charge in [0.2, 0.25) is 0 Å². The number of nitrogens with zero attached hydrogens (tertiary/aromatic N) is 2. The molecule has 0 radical (unpaired) electrons. The topological polar surface area (TPSA) is 94.2 Å². The molecule has 8 heteroatoms. The number of imidazole rings is 1. The summed E-state index contributed by atoms with van der Waals surface area (Å²) in [7, 11) is -3.54. The molecule has 0 spiro atoms. The average molecular weight is 436 g/mol. The minimum atomic E-state index is -3.54. The number of hydrogen-bond acceptors (Lipinski definition) is 5. The molecule has 0 aliphatic carbocycles. The zero-order valence-electron chi connectivity index (χ0n) is 16.6. The van der Waals surface area contributed by atoms with E-state index in [1.165, 1.54) is 24.3 Å². The molecule has 31 heavy (non-hydrogen) atoms. The molecule has 0 unspecified atom stereocenters. The van der Waals surface area contributed by atoms with Crippen molar-refractivity contribution < 1.29 is 17.6 Å². The highest BCUT2D eigenvalue weighted by molar-refractivity contribution is 7.90. The molecular formula is C23H21N3O4S. The van der Waals surface area contributed by atoms with Gasteiger partial charge in [0.1, 0.15) is 11.5 Å². The van der Waals surface area contributed by atoms with Crippen LogP contribution >= 0.6 is 0 Å². The highest BCUT2D eigenvalue weighted by Gasteiger charge is 2.19. The standard InChI is InChI=1S/C23H21N3O4S/c27-23(25-14-18-6-4-5-7-19(18)15-26-13-12-24-17-26)22-11-10-20(30-22)16-31(28,29)21-8-2-1-3-9-21/h1-13,17H,14-16H2,(H,25,27). The van der Waals surface area contributed by atoms with Crippen LogP contribution in [0.4, 0.5) is 0 Å². The van der Waals surface area contributed by atoms with E-state index in [0.29, 0.717) is 13.1 Å². The second-order valence-corrected chi connectivity index (χ2v) is 9.01. The van der Waals surface area contributed by atoms with E-state index in [2.05, 4.69) is 10.3 Å². The first-order valence-electron chi connectivity index (χ1n) is 9.68. The van der Waals surface area contributed by atoms with Crippen molar-refractivity contribution in [1.29, 1.82) is 0 Å². The summed E-state index contributed by atoms with van der Waals surface area (Å²) in [6.07, 6.45) is 5.34. The van der Waals surface area contributed by atoms with E-state index >= 15 is 0 Å². The Bertz CT molecular complexity index is 1260. The normalized spacial score (nSPS) is 11.4. The summed E-state index contributed by atoms with van der Waals surface area (Å²) in [4.78, 5) is 16.8. The van der Waals surface area contributed by atoms with Gasteiger partial charge in [-0.15, -0.1) is 0 Å². The number of hydrogen-bond donors (Lipinski definition) is 1. The highest BCUT2D eigenvalue weighted by atomic mass is 32.2. The number of furan rings is 1. The summed E-state index contributed by atoms with van der Waals surface area (Å²) < 4.78 is 32.4. The maximum absolute atomic E-state index is 12.5. The van der Waals surface area contributed by atoms with Crippen molar-refractivity contribution in [2.75, 3.05) is 0 Å².